The molecule has 0 nitrogen and oxygen atoms in total. The zero-order valence-corrected chi connectivity index (χ0v) is 8.82. The minimum absolute atomic E-state index is 0.0456. The van der Waals surface area contributed by atoms with E-state index in [1.807, 2.05) is 0 Å². The molecule has 0 saturated heterocycles. The number of alkyl halides is 3. The predicted octanol–water partition coefficient (Wildman–Crippen LogP) is 4.04. The molecule has 0 aromatic heterocycles. The van der Waals surface area contributed by atoms with Gasteiger partial charge in [-0.2, -0.15) is 8.78 Å². The molecule has 0 atom stereocenters. The number of rotatable bonds is 2. The fourth-order valence-electron chi connectivity index (χ4n) is 1.34. The highest BCUT2D eigenvalue weighted by molar-refractivity contribution is 9.10. The average molecular weight is 265 g/mol. The smallest absolute Gasteiger partial charge is 0.237 e. The quantitative estimate of drug-likeness (QED) is 0.756. The predicted molar refractivity (Wildman–Crippen MR) is 51.1 cm³/mol. The van der Waals surface area contributed by atoms with E-state index in [0.29, 0.717) is 4.47 Å². The van der Waals surface area contributed by atoms with E-state index in [1.54, 1.807) is 0 Å². The largest absolute Gasteiger partial charge is 0.306 e. The molecule has 1 aromatic rings. The normalized spacial score (nSPS) is 19.4. The summed E-state index contributed by atoms with van der Waals surface area (Å²) in [6.07, 6.45) is -0.0911. The number of halogens is 4. The van der Waals surface area contributed by atoms with Crippen LogP contribution >= 0.6 is 15.9 Å². The maximum atomic E-state index is 13.5. The van der Waals surface area contributed by atoms with Crippen molar-refractivity contribution in [1.82, 2.24) is 0 Å². The summed E-state index contributed by atoms with van der Waals surface area (Å²) in [6.45, 7) is 0. The van der Waals surface area contributed by atoms with Gasteiger partial charge in [0.15, 0.2) is 5.67 Å². The van der Waals surface area contributed by atoms with Crippen molar-refractivity contribution in [2.75, 3.05) is 0 Å². The van der Waals surface area contributed by atoms with E-state index in [0.717, 1.165) is 0 Å². The maximum Gasteiger partial charge on any atom is 0.306 e. The topological polar surface area (TPSA) is 0 Å². The van der Waals surface area contributed by atoms with E-state index in [9.17, 15) is 13.2 Å². The summed E-state index contributed by atoms with van der Waals surface area (Å²) in [6, 6.07) is 5.50. The van der Waals surface area contributed by atoms with Crippen molar-refractivity contribution >= 4 is 15.9 Å². The van der Waals surface area contributed by atoms with Crippen LogP contribution in [0.4, 0.5) is 13.2 Å². The molecule has 0 radical (unpaired) electrons. The van der Waals surface area contributed by atoms with Crippen molar-refractivity contribution in [3.8, 4) is 0 Å². The minimum atomic E-state index is -3.35. The van der Waals surface area contributed by atoms with Gasteiger partial charge in [0.1, 0.15) is 0 Å². The van der Waals surface area contributed by atoms with E-state index in [2.05, 4.69) is 15.9 Å². The van der Waals surface area contributed by atoms with Crippen molar-refractivity contribution < 1.29 is 13.2 Å². The summed E-state index contributed by atoms with van der Waals surface area (Å²) in [4.78, 5) is 0. The van der Waals surface area contributed by atoms with Crippen LogP contribution in [0.2, 0.25) is 0 Å². The van der Waals surface area contributed by atoms with Gasteiger partial charge in [-0.25, -0.2) is 4.39 Å². The van der Waals surface area contributed by atoms with Gasteiger partial charge >= 0.3 is 5.92 Å². The third-order valence-electron chi connectivity index (χ3n) is 2.46. The van der Waals surface area contributed by atoms with E-state index in [1.165, 1.54) is 24.3 Å². The summed E-state index contributed by atoms with van der Waals surface area (Å²) in [5.41, 5.74) is -2.55. The van der Waals surface area contributed by atoms with Crippen molar-refractivity contribution in [3.05, 3.63) is 34.3 Å². The first-order valence-electron chi connectivity index (χ1n) is 4.28. The Labute approximate surface area is 88.2 Å². The Kier molecular flexibility index (Phi) is 2.14. The van der Waals surface area contributed by atoms with Crippen molar-refractivity contribution in [1.29, 1.82) is 0 Å². The molecular weight excluding hydrogens is 257 g/mol. The van der Waals surface area contributed by atoms with Crippen LogP contribution in [0.3, 0.4) is 0 Å². The Balaban J connectivity index is 2.34. The first-order valence-corrected chi connectivity index (χ1v) is 5.08. The average Bonchev–Trinajstić information content (AvgIpc) is 2.86. The van der Waals surface area contributed by atoms with Gasteiger partial charge < -0.3 is 0 Å². The fourth-order valence-corrected chi connectivity index (χ4v) is 1.61. The molecule has 14 heavy (non-hydrogen) atoms. The van der Waals surface area contributed by atoms with Crippen LogP contribution in [-0.2, 0) is 5.92 Å². The third-order valence-corrected chi connectivity index (χ3v) is 2.99. The zero-order chi connectivity index (χ0) is 10.4. The van der Waals surface area contributed by atoms with Gasteiger partial charge in [-0.1, -0.05) is 28.1 Å². The standard InChI is InChI=1S/C10H8BrF3/c11-8-3-1-7(2-4-8)10(13,14)9(12)5-6-9/h1-4H,5-6H2. The highest BCUT2D eigenvalue weighted by Gasteiger charge is 2.64. The summed E-state index contributed by atoms with van der Waals surface area (Å²) in [5.74, 6) is -3.35. The molecular formula is C10H8BrF3. The summed E-state index contributed by atoms with van der Waals surface area (Å²) in [5, 5.41) is 0. The highest BCUT2D eigenvalue weighted by atomic mass is 79.9. The van der Waals surface area contributed by atoms with Gasteiger partial charge in [0.05, 0.1) is 0 Å². The lowest BCUT2D eigenvalue weighted by Gasteiger charge is -2.20. The van der Waals surface area contributed by atoms with Crippen molar-refractivity contribution in [2.24, 2.45) is 0 Å². The van der Waals surface area contributed by atoms with Crippen molar-refractivity contribution in [3.63, 3.8) is 0 Å². The first-order chi connectivity index (χ1) is 6.46. The molecule has 0 amide bonds. The van der Waals surface area contributed by atoms with Crippen LogP contribution in [0.5, 0.6) is 0 Å². The molecule has 0 bridgehead atoms. The lowest BCUT2D eigenvalue weighted by atomic mass is 10.0. The lowest BCUT2D eigenvalue weighted by molar-refractivity contribution is -0.0939. The zero-order valence-electron chi connectivity index (χ0n) is 7.24. The molecule has 1 aliphatic rings. The Hall–Kier alpha value is -0.510. The second-order valence-electron chi connectivity index (χ2n) is 3.55. The highest BCUT2D eigenvalue weighted by Crippen LogP contribution is 2.56. The SMILES string of the molecule is FC1(C(F)(F)c2ccc(Br)cc2)CC1. The molecule has 4 heteroatoms. The van der Waals surface area contributed by atoms with E-state index in [-0.39, 0.29) is 18.4 Å². The van der Waals surface area contributed by atoms with Crippen LogP contribution in [0.15, 0.2) is 28.7 Å². The third kappa shape index (κ3) is 1.45. The summed E-state index contributed by atoms with van der Waals surface area (Å²) in [7, 11) is 0. The van der Waals surface area contributed by atoms with Gasteiger partial charge in [0.2, 0.25) is 0 Å². The van der Waals surface area contributed by atoms with Gasteiger partial charge in [-0.05, 0) is 25.0 Å². The summed E-state index contributed by atoms with van der Waals surface area (Å²) >= 11 is 3.14. The van der Waals surface area contributed by atoms with Crippen LogP contribution in [0.1, 0.15) is 18.4 Å². The van der Waals surface area contributed by atoms with Crippen LogP contribution < -0.4 is 0 Å². The fraction of sp³-hybridized carbons (Fsp3) is 0.400. The molecule has 0 N–H and O–H groups in total. The second-order valence-corrected chi connectivity index (χ2v) is 4.46. The molecule has 1 fully saturated rings. The minimum Gasteiger partial charge on any atom is -0.237 e. The number of benzene rings is 1. The molecule has 76 valence electrons. The maximum absolute atomic E-state index is 13.5. The number of hydrogen-bond donors (Lipinski definition) is 0. The molecule has 0 heterocycles. The Bertz CT molecular complexity index is 341. The van der Waals surface area contributed by atoms with Crippen LogP contribution in [0, 0.1) is 0 Å². The molecule has 0 unspecified atom stereocenters. The van der Waals surface area contributed by atoms with E-state index < -0.39 is 11.6 Å². The van der Waals surface area contributed by atoms with Crippen LogP contribution in [-0.4, -0.2) is 5.67 Å². The van der Waals surface area contributed by atoms with Crippen molar-refractivity contribution in [2.45, 2.75) is 24.4 Å². The Morgan fingerprint density at radius 2 is 1.64 bits per heavy atom. The molecule has 2 rings (SSSR count). The van der Waals surface area contributed by atoms with E-state index >= 15 is 0 Å². The van der Waals surface area contributed by atoms with Gasteiger partial charge in [-0.3, -0.25) is 0 Å². The molecule has 1 aromatic carbocycles. The van der Waals surface area contributed by atoms with Gasteiger partial charge in [-0.15, -0.1) is 0 Å². The van der Waals surface area contributed by atoms with Gasteiger partial charge in [0.25, 0.3) is 0 Å². The van der Waals surface area contributed by atoms with E-state index in [4.69, 9.17) is 0 Å². The molecule has 0 aliphatic heterocycles. The van der Waals surface area contributed by atoms with Gasteiger partial charge in [0, 0.05) is 10.0 Å². The molecule has 1 aliphatic carbocycles. The number of hydrogen-bond acceptors (Lipinski definition) is 0. The monoisotopic (exact) mass is 264 g/mol. The molecule has 1 saturated carbocycles. The molecule has 0 spiro atoms. The summed E-state index contributed by atoms with van der Waals surface area (Å²) < 4.78 is 40.9. The second kappa shape index (κ2) is 2.99. The first kappa shape index (κ1) is 10.0. The Morgan fingerprint density at radius 1 is 1.14 bits per heavy atom. The van der Waals surface area contributed by atoms with Crippen LogP contribution in [0.25, 0.3) is 0 Å². The Morgan fingerprint density at radius 3 is 2.07 bits per heavy atom. The lowest BCUT2D eigenvalue weighted by Crippen LogP contribution is -2.28.